The zero-order valence-corrected chi connectivity index (χ0v) is 19.8. The molecule has 4 saturated carbocycles. The van der Waals surface area contributed by atoms with Crippen LogP contribution in [0.25, 0.3) is 0 Å². The number of hydrogen-bond donors (Lipinski definition) is 1. The van der Waals surface area contributed by atoms with Crippen LogP contribution in [-0.2, 0) is 14.8 Å². The van der Waals surface area contributed by atoms with E-state index in [1.165, 1.54) is 42.8 Å². The fourth-order valence-corrected chi connectivity index (χ4v) is 8.50. The minimum atomic E-state index is -3.52. The highest BCUT2D eigenvalue weighted by molar-refractivity contribution is 7.89. The van der Waals surface area contributed by atoms with E-state index in [1.54, 1.807) is 31.4 Å². The van der Waals surface area contributed by atoms with Crippen LogP contribution in [0, 0.1) is 23.2 Å². The SMILES string of the molecule is COc1ccc(S(=O)(=O)N2CCN(CC(=O)NCC34CC5CC(CC(C5)C3)C4)CC2)cc1. The van der Waals surface area contributed by atoms with E-state index in [-0.39, 0.29) is 10.8 Å². The zero-order chi connectivity index (χ0) is 22.3. The number of amides is 1. The van der Waals surface area contributed by atoms with E-state index in [1.807, 2.05) is 0 Å². The van der Waals surface area contributed by atoms with Gasteiger partial charge in [-0.15, -0.1) is 0 Å². The predicted molar refractivity (Wildman–Crippen MR) is 122 cm³/mol. The van der Waals surface area contributed by atoms with Gasteiger partial charge in [-0.2, -0.15) is 4.31 Å². The smallest absolute Gasteiger partial charge is 0.243 e. The number of piperazine rings is 1. The highest BCUT2D eigenvalue weighted by Gasteiger charge is 2.50. The second-order valence-electron chi connectivity index (χ2n) is 10.6. The normalized spacial score (nSPS) is 32.7. The number of carbonyl (C=O) groups excluding carboxylic acids is 1. The second kappa shape index (κ2) is 8.61. The molecule has 1 aromatic carbocycles. The summed E-state index contributed by atoms with van der Waals surface area (Å²) in [6.45, 7) is 3.11. The molecule has 1 amide bonds. The van der Waals surface area contributed by atoms with Crippen LogP contribution in [0.1, 0.15) is 38.5 Å². The van der Waals surface area contributed by atoms with Crippen molar-refractivity contribution in [1.82, 2.24) is 14.5 Å². The monoisotopic (exact) mass is 461 g/mol. The summed E-state index contributed by atoms with van der Waals surface area (Å²) >= 11 is 0. The summed E-state index contributed by atoms with van der Waals surface area (Å²) in [4.78, 5) is 15.0. The van der Waals surface area contributed by atoms with E-state index in [0.717, 1.165) is 24.3 Å². The van der Waals surface area contributed by atoms with Gasteiger partial charge in [0.05, 0.1) is 18.6 Å². The zero-order valence-electron chi connectivity index (χ0n) is 19.0. The average molecular weight is 462 g/mol. The summed E-state index contributed by atoms with van der Waals surface area (Å²) in [6.07, 6.45) is 8.12. The van der Waals surface area contributed by atoms with E-state index in [0.29, 0.717) is 43.9 Å². The number of benzene rings is 1. The maximum Gasteiger partial charge on any atom is 0.243 e. The van der Waals surface area contributed by atoms with Gasteiger partial charge in [0.15, 0.2) is 0 Å². The molecule has 8 heteroatoms. The van der Waals surface area contributed by atoms with Crippen LogP contribution >= 0.6 is 0 Å². The van der Waals surface area contributed by atoms with Crippen LogP contribution in [0.2, 0.25) is 0 Å². The number of sulfonamides is 1. The largest absolute Gasteiger partial charge is 0.497 e. The fraction of sp³-hybridized carbons (Fsp3) is 0.708. The molecule has 1 heterocycles. The Morgan fingerprint density at radius 3 is 2.09 bits per heavy atom. The predicted octanol–water partition coefficient (Wildman–Crippen LogP) is 2.33. The van der Waals surface area contributed by atoms with Gasteiger partial charge in [0.25, 0.3) is 0 Å². The number of hydrogen-bond acceptors (Lipinski definition) is 5. The Labute approximate surface area is 191 Å². The molecule has 1 N–H and O–H groups in total. The van der Waals surface area contributed by atoms with Gasteiger partial charge in [-0.25, -0.2) is 8.42 Å². The summed E-state index contributed by atoms with van der Waals surface area (Å²) in [6, 6.07) is 6.49. The molecule has 1 saturated heterocycles. The van der Waals surface area contributed by atoms with Crippen molar-refractivity contribution in [1.29, 1.82) is 0 Å². The number of methoxy groups -OCH3 is 1. The Hall–Kier alpha value is -1.64. The Bertz CT molecular complexity index is 903. The van der Waals surface area contributed by atoms with E-state index in [2.05, 4.69) is 10.2 Å². The number of rotatable bonds is 7. The topological polar surface area (TPSA) is 79.0 Å². The lowest BCUT2D eigenvalue weighted by Gasteiger charge is -2.57. The summed E-state index contributed by atoms with van der Waals surface area (Å²) in [5.74, 6) is 3.37. The molecule has 5 fully saturated rings. The lowest BCUT2D eigenvalue weighted by atomic mass is 9.49. The van der Waals surface area contributed by atoms with Crippen LogP contribution < -0.4 is 10.1 Å². The van der Waals surface area contributed by atoms with Gasteiger partial charge >= 0.3 is 0 Å². The van der Waals surface area contributed by atoms with Gasteiger partial charge in [-0.1, -0.05) is 0 Å². The lowest BCUT2D eigenvalue weighted by Crippen LogP contribution is -2.53. The first-order valence-electron chi connectivity index (χ1n) is 12.0. The van der Waals surface area contributed by atoms with E-state index in [9.17, 15) is 13.2 Å². The van der Waals surface area contributed by atoms with Crippen molar-refractivity contribution < 1.29 is 17.9 Å². The Morgan fingerprint density at radius 1 is 1.00 bits per heavy atom. The number of carbonyl (C=O) groups is 1. The van der Waals surface area contributed by atoms with Gasteiger partial charge in [-0.05, 0) is 86.0 Å². The average Bonchev–Trinajstić information content (AvgIpc) is 2.77. The molecule has 4 aliphatic carbocycles. The third-order valence-corrected chi connectivity index (χ3v) is 10.1. The number of ether oxygens (including phenoxy) is 1. The fourth-order valence-electron chi connectivity index (χ4n) is 7.08. The molecule has 7 nitrogen and oxygen atoms in total. The van der Waals surface area contributed by atoms with Gasteiger partial charge in [-0.3, -0.25) is 9.69 Å². The first-order chi connectivity index (χ1) is 15.3. The molecule has 0 aromatic heterocycles. The Balaban J connectivity index is 1.10. The maximum absolute atomic E-state index is 12.9. The molecule has 1 aromatic rings. The van der Waals surface area contributed by atoms with Crippen molar-refractivity contribution >= 4 is 15.9 Å². The molecule has 5 aliphatic rings. The Morgan fingerprint density at radius 2 is 1.56 bits per heavy atom. The third-order valence-electron chi connectivity index (χ3n) is 8.22. The van der Waals surface area contributed by atoms with E-state index in [4.69, 9.17) is 4.74 Å². The molecule has 0 radical (unpaired) electrons. The molecule has 176 valence electrons. The first-order valence-corrected chi connectivity index (χ1v) is 13.4. The minimum absolute atomic E-state index is 0.0761. The quantitative estimate of drug-likeness (QED) is 0.674. The second-order valence-corrected chi connectivity index (χ2v) is 12.5. The van der Waals surface area contributed by atoms with Gasteiger partial charge in [0, 0.05) is 32.7 Å². The van der Waals surface area contributed by atoms with Gasteiger partial charge in [0.1, 0.15) is 5.75 Å². The van der Waals surface area contributed by atoms with Gasteiger partial charge < -0.3 is 10.1 Å². The van der Waals surface area contributed by atoms with Crippen molar-refractivity contribution in [2.24, 2.45) is 23.2 Å². The third kappa shape index (κ3) is 4.41. The van der Waals surface area contributed by atoms with Crippen molar-refractivity contribution in [2.45, 2.75) is 43.4 Å². The summed E-state index contributed by atoms with van der Waals surface area (Å²) in [5, 5.41) is 3.24. The van der Waals surface area contributed by atoms with Crippen LogP contribution in [0.3, 0.4) is 0 Å². The molecule has 0 unspecified atom stereocenters. The van der Waals surface area contributed by atoms with Crippen molar-refractivity contribution in [3.05, 3.63) is 24.3 Å². The van der Waals surface area contributed by atoms with Crippen molar-refractivity contribution in [2.75, 3.05) is 46.4 Å². The molecule has 1 aliphatic heterocycles. The number of nitrogens with one attached hydrogen (secondary N) is 1. The summed E-state index contributed by atoms with van der Waals surface area (Å²) < 4.78 is 32.4. The van der Waals surface area contributed by atoms with Crippen LogP contribution in [0.4, 0.5) is 0 Å². The molecule has 0 spiro atoms. The molecular formula is C24H35N3O4S. The molecule has 32 heavy (non-hydrogen) atoms. The molecule has 6 rings (SSSR count). The first kappa shape index (κ1) is 22.2. The molecular weight excluding hydrogens is 426 g/mol. The highest BCUT2D eigenvalue weighted by Crippen LogP contribution is 2.59. The Kier molecular flexibility index (Phi) is 5.97. The highest BCUT2D eigenvalue weighted by atomic mass is 32.2. The van der Waals surface area contributed by atoms with E-state index < -0.39 is 10.0 Å². The van der Waals surface area contributed by atoms with Crippen LogP contribution in [0.5, 0.6) is 5.75 Å². The maximum atomic E-state index is 12.9. The lowest BCUT2D eigenvalue weighted by molar-refractivity contribution is -0.124. The van der Waals surface area contributed by atoms with Crippen molar-refractivity contribution in [3.63, 3.8) is 0 Å². The van der Waals surface area contributed by atoms with Gasteiger partial charge in [0.2, 0.25) is 15.9 Å². The standard InChI is InChI=1S/C24H35N3O4S/c1-31-21-2-4-22(5-3-21)32(29,30)27-8-6-26(7-9-27)16-23(28)25-17-24-13-18-10-19(14-24)12-20(11-18)15-24/h2-5,18-20H,6-17H2,1H3,(H,25,28). The van der Waals surface area contributed by atoms with Crippen LogP contribution in [-0.4, -0.2) is 69.9 Å². The number of nitrogens with zero attached hydrogens (tertiary/aromatic N) is 2. The summed E-state index contributed by atoms with van der Waals surface area (Å²) in [5.41, 5.74) is 0.343. The van der Waals surface area contributed by atoms with Crippen LogP contribution in [0.15, 0.2) is 29.2 Å². The van der Waals surface area contributed by atoms with E-state index >= 15 is 0 Å². The van der Waals surface area contributed by atoms with Crippen molar-refractivity contribution in [3.8, 4) is 5.75 Å². The minimum Gasteiger partial charge on any atom is -0.497 e. The summed E-state index contributed by atoms with van der Waals surface area (Å²) in [7, 11) is -1.97. The molecule has 4 bridgehead atoms. The molecule has 0 atom stereocenters.